The molecule has 1 aromatic rings. The highest BCUT2D eigenvalue weighted by atomic mass is 19.1. The molecule has 0 aliphatic heterocycles. The maximum absolute atomic E-state index is 12.9. The number of aryl methyl sites for hydroxylation is 1. The number of hydrogen-bond donors (Lipinski definition) is 0. The average Bonchev–Trinajstić information content (AvgIpc) is 2.20. The van der Waals surface area contributed by atoms with E-state index in [0.29, 0.717) is 6.61 Å². The van der Waals surface area contributed by atoms with Gasteiger partial charge in [-0.3, -0.25) is 4.79 Å². The summed E-state index contributed by atoms with van der Waals surface area (Å²) in [4.78, 5) is 11.5. The predicted molar refractivity (Wildman–Crippen MR) is 60.8 cm³/mol. The Balaban J connectivity index is 2.96. The van der Waals surface area contributed by atoms with Crippen LogP contribution in [0.3, 0.4) is 0 Å². The summed E-state index contributed by atoms with van der Waals surface area (Å²) in [5, 5.41) is 0. The molecular formula is C13H17FO2. The number of rotatable bonds is 5. The summed E-state index contributed by atoms with van der Waals surface area (Å²) >= 11 is 0. The van der Waals surface area contributed by atoms with E-state index in [1.807, 2.05) is 6.92 Å². The monoisotopic (exact) mass is 224 g/mol. The van der Waals surface area contributed by atoms with Crippen LogP contribution in [0.4, 0.5) is 4.39 Å². The van der Waals surface area contributed by atoms with Crippen molar-refractivity contribution in [3.8, 4) is 0 Å². The second kappa shape index (κ2) is 5.75. The van der Waals surface area contributed by atoms with E-state index in [1.165, 1.54) is 19.1 Å². The topological polar surface area (TPSA) is 26.3 Å². The van der Waals surface area contributed by atoms with Crippen LogP contribution in [0, 0.1) is 12.7 Å². The molecule has 16 heavy (non-hydrogen) atoms. The Hall–Kier alpha value is -1.22. The first kappa shape index (κ1) is 12.8. The number of ether oxygens (including phenoxy) is 1. The van der Waals surface area contributed by atoms with Gasteiger partial charge in [0.1, 0.15) is 11.9 Å². The number of carbonyl (C=O) groups excluding carboxylic acids is 1. The van der Waals surface area contributed by atoms with Crippen molar-refractivity contribution >= 4 is 5.78 Å². The van der Waals surface area contributed by atoms with E-state index in [9.17, 15) is 9.18 Å². The number of halogens is 1. The zero-order valence-corrected chi connectivity index (χ0v) is 9.92. The molecule has 0 spiro atoms. The lowest BCUT2D eigenvalue weighted by molar-refractivity contribution is -0.128. The molecule has 2 nitrogen and oxygen atoms in total. The maximum Gasteiger partial charge on any atom is 0.163 e. The van der Waals surface area contributed by atoms with E-state index in [2.05, 4.69) is 0 Å². The van der Waals surface area contributed by atoms with E-state index >= 15 is 0 Å². The fourth-order valence-corrected chi connectivity index (χ4v) is 1.60. The van der Waals surface area contributed by atoms with Crippen LogP contribution in [0.2, 0.25) is 0 Å². The van der Waals surface area contributed by atoms with E-state index in [-0.39, 0.29) is 11.6 Å². The van der Waals surface area contributed by atoms with Crippen molar-refractivity contribution in [3.63, 3.8) is 0 Å². The normalized spacial score (nSPS) is 12.5. The fraction of sp³-hybridized carbons (Fsp3) is 0.462. The summed E-state index contributed by atoms with van der Waals surface area (Å²) in [6.45, 7) is 5.78. The van der Waals surface area contributed by atoms with Crippen molar-refractivity contribution < 1.29 is 13.9 Å². The first-order chi connectivity index (χ1) is 7.56. The molecule has 0 radical (unpaired) electrons. The highest BCUT2D eigenvalue weighted by molar-refractivity contribution is 5.82. The molecule has 1 atom stereocenters. The van der Waals surface area contributed by atoms with Crippen molar-refractivity contribution in [2.75, 3.05) is 6.61 Å². The summed E-state index contributed by atoms with van der Waals surface area (Å²) in [5.41, 5.74) is 1.50. The summed E-state index contributed by atoms with van der Waals surface area (Å²) in [6, 6.07) is 4.39. The van der Waals surface area contributed by atoms with Crippen LogP contribution in [-0.4, -0.2) is 12.4 Å². The second-order valence-electron chi connectivity index (χ2n) is 3.86. The number of Topliss-reactive ketones (excluding diaryl/α,β-unsaturated/α-hetero) is 1. The van der Waals surface area contributed by atoms with Crippen LogP contribution in [0.1, 0.15) is 37.5 Å². The third-order valence-corrected chi connectivity index (χ3v) is 2.37. The van der Waals surface area contributed by atoms with Crippen LogP contribution in [0.15, 0.2) is 18.2 Å². The van der Waals surface area contributed by atoms with Gasteiger partial charge in [0.05, 0.1) is 0 Å². The smallest absolute Gasteiger partial charge is 0.163 e. The van der Waals surface area contributed by atoms with Gasteiger partial charge in [0, 0.05) is 6.61 Å². The Bertz CT molecular complexity index is 374. The Kier molecular flexibility index (Phi) is 4.62. The third-order valence-electron chi connectivity index (χ3n) is 2.37. The van der Waals surface area contributed by atoms with Crippen molar-refractivity contribution in [2.24, 2.45) is 0 Å². The van der Waals surface area contributed by atoms with Crippen LogP contribution >= 0.6 is 0 Å². The molecule has 0 saturated heterocycles. The lowest BCUT2D eigenvalue weighted by atomic mass is 10.0. The zero-order valence-electron chi connectivity index (χ0n) is 9.92. The van der Waals surface area contributed by atoms with Crippen LogP contribution < -0.4 is 0 Å². The molecule has 0 heterocycles. The van der Waals surface area contributed by atoms with Crippen molar-refractivity contribution in [3.05, 3.63) is 35.1 Å². The van der Waals surface area contributed by atoms with Gasteiger partial charge >= 0.3 is 0 Å². The Morgan fingerprint density at radius 2 is 2.19 bits per heavy atom. The van der Waals surface area contributed by atoms with Gasteiger partial charge in [0.15, 0.2) is 5.78 Å². The Labute approximate surface area is 95.4 Å². The van der Waals surface area contributed by atoms with Gasteiger partial charge in [-0.1, -0.05) is 13.0 Å². The molecule has 0 saturated carbocycles. The molecule has 0 fully saturated rings. The van der Waals surface area contributed by atoms with E-state index in [1.54, 1.807) is 13.0 Å². The first-order valence-corrected chi connectivity index (χ1v) is 5.44. The maximum atomic E-state index is 12.9. The minimum atomic E-state index is -0.569. The van der Waals surface area contributed by atoms with Gasteiger partial charge in [-0.25, -0.2) is 4.39 Å². The van der Waals surface area contributed by atoms with Crippen molar-refractivity contribution in [2.45, 2.75) is 33.3 Å². The minimum Gasteiger partial charge on any atom is -0.366 e. The molecule has 0 aliphatic rings. The van der Waals surface area contributed by atoms with Gasteiger partial charge in [0.2, 0.25) is 0 Å². The summed E-state index contributed by atoms with van der Waals surface area (Å²) in [7, 11) is 0. The molecule has 88 valence electrons. The lowest BCUT2D eigenvalue weighted by Gasteiger charge is -2.17. The van der Waals surface area contributed by atoms with E-state index in [4.69, 9.17) is 4.74 Å². The van der Waals surface area contributed by atoms with Crippen molar-refractivity contribution in [1.82, 2.24) is 0 Å². The Morgan fingerprint density at radius 3 is 2.69 bits per heavy atom. The molecule has 0 amide bonds. The highest BCUT2D eigenvalue weighted by Gasteiger charge is 2.19. The fourth-order valence-electron chi connectivity index (χ4n) is 1.60. The standard InChI is InChI=1S/C13H17FO2/c1-4-7-16-13(10(3)15)12-6-5-11(14)8-9(12)2/h5-6,8,13H,4,7H2,1-3H3. The second-order valence-corrected chi connectivity index (χ2v) is 3.86. The lowest BCUT2D eigenvalue weighted by Crippen LogP contribution is -2.15. The number of ketones is 1. The highest BCUT2D eigenvalue weighted by Crippen LogP contribution is 2.23. The average molecular weight is 224 g/mol. The summed E-state index contributed by atoms with van der Waals surface area (Å²) < 4.78 is 18.4. The predicted octanol–water partition coefficient (Wildman–Crippen LogP) is 3.19. The van der Waals surface area contributed by atoms with Crippen molar-refractivity contribution in [1.29, 1.82) is 0 Å². The van der Waals surface area contributed by atoms with Gasteiger partial charge in [0.25, 0.3) is 0 Å². The molecule has 0 aromatic heterocycles. The van der Waals surface area contributed by atoms with Crippen LogP contribution in [0.25, 0.3) is 0 Å². The van der Waals surface area contributed by atoms with Gasteiger partial charge in [-0.05, 0) is 43.5 Å². The molecule has 0 bridgehead atoms. The largest absolute Gasteiger partial charge is 0.366 e. The molecule has 1 unspecified atom stereocenters. The zero-order chi connectivity index (χ0) is 12.1. The van der Waals surface area contributed by atoms with Gasteiger partial charge < -0.3 is 4.74 Å². The molecule has 3 heteroatoms. The minimum absolute atomic E-state index is 0.0526. The SMILES string of the molecule is CCCOC(C(C)=O)c1ccc(F)cc1C. The van der Waals surface area contributed by atoms with Gasteiger partial charge in [-0.15, -0.1) is 0 Å². The first-order valence-electron chi connectivity index (χ1n) is 5.44. The van der Waals surface area contributed by atoms with E-state index in [0.717, 1.165) is 17.5 Å². The van der Waals surface area contributed by atoms with Crippen LogP contribution in [-0.2, 0) is 9.53 Å². The third kappa shape index (κ3) is 3.14. The molecule has 0 N–H and O–H groups in total. The summed E-state index contributed by atoms with van der Waals surface area (Å²) in [5.74, 6) is -0.345. The Morgan fingerprint density at radius 1 is 1.50 bits per heavy atom. The summed E-state index contributed by atoms with van der Waals surface area (Å²) in [6.07, 6.45) is 0.282. The van der Waals surface area contributed by atoms with Gasteiger partial charge in [-0.2, -0.15) is 0 Å². The van der Waals surface area contributed by atoms with Crippen LogP contribution in [0.5, 0.6) is 0 Å². The number of benzene rings is 1. The quantitative estimate of drug-likeness (QED) is 0.767. The molecule has 1 rings (SSSR count). The molecule has 0 aliphatic carbocycles. The number of carbonyl (C=O) groups is 1. The number of hydrogen-bond acceptors (Lipinski definition) is 2. The molecule has 1 aromatic carbocycles. The molecular weight excluding hydrogens is 207 g/mol. The van der Waals surface area contributed by atoms with E-state index < -0.39 is 6.10 Å².